The van der Waals surface area contributed by atoms with E-state index in [2.05, 4.69) is 0 Å². The Hall–Kier alpha value is 1.27. The average molecular weight is 370 g/mol. The van der Waals surface area contributed by atoms with Gasteiger partial charge in [-0.25, -0.2) is 0 Å². The Labute approximate surface area is 52.5 Å². The first-order chi connectivity index (χ1) is 2.00. The van der Waals surface area contributed by atoms with Crippen LogP contribution in [0.5, 0.6) is 0 Å². The summed E-state index contributed by atoms with van der Waals surface area (Å²) < 4.78 is 16.6. The first-order valence-electron chi connectivity index (χ1n) is 0.371. The quantitative estimate of drug-likeness (QED) is 0.499. The van der Waals surface area contributed by atoms with Crippen molar-refractivity contribution in [1.29, 1.82) is 0 Å². The van der Waals surface area contributed by atoms with Crippen LogP contribution in [0.25, 0.3) is 0 Å². The van der Waals surface area contributed by atoms with E-state index in [4.69, 9.17) is 5.92 Å². The van der Waals surface area contributed by atoms with Crippen molar-refractivity contribution in [2.45, 2.75) is 0 Å². The molecule has 0 aromatic heterocycles. The number of rotatable bonds is 0. The van der Waals surface area contributed by atoms with Gasteiger partial charge in [-0.05, 0) is 0 Å². The molecule has 0 aromatic rings. The average Bonchev–Trinajstić information content (AvgIpc) is 1.50. The maximum absolute atomic E-state index is 8.39. The molecule has 23 valence electrons. The third kappa shape index (κ3) is 10.4. The van der Waals surface area contributed by atoms with Crippen LogP contribution in [-0.4, -0.2) is 47.0 Å². The second-order valence-electron chi connectivity index (χ2n) is 0. The molecule has 0 amide bonds. The van der Waals surface area contributed by atoms with Gasteiger partial charge < -0.3 is 0 Å². The van der Waals surface area contributed by atoms with Crippen LogP contribution in [0, 0.1) is 0 Å². The van der Waals surface area contributed by atoms with Crippen LogP contribution in [0.2, 0.25) is 0 Å². The van der Waals surface area contributed by atoms with Crippen LogP contribution in [0.3, 0.4) is 0 Å². The van der Waals surface area contributed by atoms with Crippen LogP contribution in [-0.2, 0) is 5.92 Å². The summed E-state index contributed by atoms with van der Waals surface area (Å²) >= 11 is 0.756. The molecule has 0 aliphatic heterocycles. The molecule has 0 spiro atoms. The zero-order valence-electron chi connectivity index (χ0n) is 1.72. The summed E-state index contributed by atoms with van der Waals surface area (Å²) in [7, 11) is 0. The van der Waals surface area contributed by atoms with Gasteiger partial charge in [0.25, 0.3) is 0 Å². The molecule has 0 fully saturated rings. The molecular weight excluding hydrogens is 369 g/mol. The van der Waals surface area contributed by atoms with Crippen LogP contribution >= 0.6 is 0 Å². The Morgan fingerprint density at radius 2 is 1.25 bits per heavy atom. The van der Waals surface area contributed by atoms with E-state index in [0.717, 1.165) is 0 Å². The molecular formula is HBiO2Te+. The molecule has 0 N–H and O–H groups in total. The second kappa shape index (κ2) is 28.3. The van der Waals surface area contributed by atoms with Crippen LogP contribution in [0.1, 0.15) is 0 Å². The molecule has 0 heterocycles. The summed E-state index contributed by atoms with van der Waals surface area (Å²) in [4.78, 5) is 0. The van der Waals surface area contributed by atoms with Crippen molar-refractivity contribution in [3.8, 4) is 0 Å². The molecule has 1 radical (unpaired) electrons. The monoisotopic (exact) mass is 372 g/mol. The molecule has 0 aromatic carbocycles. The summed E-state index contributed by atoms with van der Waals surface area (Å²) in [5.74, 6) is 0. The van der Waals surface area contributed by atoms with E-state index in [-0.39, 0.29) is 24.7 Å². The van der Waals surface area contributed by atoms with Gasteiger partial charge in [-0.2, -0.15) is 0 Å². The van der Waals surface area contributed by atoms with E-state index in [1.165, 1.54) is 0 Å². The van der Waals surface area contributed by atoms with E-state index < -0.39 is 0 Å². The summed E-state index contributed by atoms with van der Waals surface area (Å²) in [6.45, 7) is 0. The van der Waals surface area contributed by atoms with Crippen LogP contribution in [0.4, 0.5) is 0 Å². The van der Waals surface area contributed by atoms with Gasteiger partial charge in [0.2, 0.25) is 0 Å². The third-order valence-corrected chi connectivity index (χ3v) is 0. The summed E-state index contributed by atoms with van der Waals surface area (Å²) in [6.07, 6.45) is 0. The first kappa shape index (κ1) is 8.99. The molecule has 0 aliphatic carbocycles. The molecule has 0 rings (SSSR count). The Kier molecular flexibility index (Phi) is 63.5. The first-order valence-corrected chi connectivity index (χ1v) is 2.91. The zero-order valence-corrected chi connectivity index (χ0v) is 7.94. The molecule has 0 saturated carbocycles. The van der Waals surface area contributed by atoms with Gasteiger partial charge in [0.15, 0.2) is 0 Å². The van der Waals surface area contributed by atoms with Crippen molar-refractivity contribution in [1.82, 2.24) is 0 Å². The number of hydrogen-bond acceptors (Lipinski definition) is 2. The fourth-order valence-electron chi connectivity index (χ4n) is 0. The molecule has 0 saturated heterocycles. The normalized spacial score (nSPS) is 2.00. The zero-order chi connectivity index (χ0) is 4.00. The van der Waals surface area contributed by atoms with E-state index in [1.807, 2.05) is 0 Å². The van der Waals surface area contributed by atoms with Gasteiger partial charge in [0, 0.05) is 0 Å². The van der Waals surface area contributed by atoms with E-state index >= 15 is 0 Å². The van der Waals surface area contributed by atoms with E-state index in [0.29, 0.717) is 22.3 Å². The fraction of sp³-hybridized carbons (Fsp3) is 0. The van der Waals surface area contributed by atoms with Gasteiger partial charge in [-0.3, -0.25) is 0 Å². The van der Waals surface area contributed by atoms with Crippen molar-refractivity contribution in [2.24, 2.45) is 0 Å². The third-order valence-electron chi connectivity index (χ3n) is 0. The Balaban J connectivity index is 0. The fourth-order valence-corrected chi connectivity index (χ4v) is 0. The van der Waals surface area contributed by atoms with Crippen molar-refractivity contribution < 1.29 is 5.92 Å². The predicted octanol–water partition coefficient (Wildman–Crippen LogP) is -1.27. The standard InChI is InChI=1S/Bi.OTe.O.H/c;1-2;;/q;+1;;. The van der Waals surface area contributed by atoms with Crippen molar-refractivity contribution in [3.05, 3.63) is 0 Å². The van der Waals surface area contributed by atoms with Gasteiger partial charge in [-0.15, -0.1) is 0 Å². The summed E-state index contributed by atoms with van der Waals surface area (Å²) in [6, 6.07) is 0. The maximum atomic E-state index is 8.39. The summed E-state index contributed by atoms with van der Waals surface area (Å²) in [5, 5.41) is 0. The molecule has 0 unspecified atom stereocenters. The van der Waals surface area contributed by atoms with Gasteiger partial charge >= 0.3 is 52.9 Å². The molecule has 0 aliphatic rings. The molecule has 4 heteroatoms. The van der Waals surface area contributed by atoms with Crippen LogP contribution in [0.15, 0.2) is 0 Å². The van der Waals surface area contributed by atoms with Gasteiger partial charge in [0.05, 0.1) is 0 Å². The van der Waals surface area contributed by atoms with E-state index in [9.17, 15) is 0 Å². The SMILES string of the molecule is O=[Te+].[O]=[BiH]. The Morgan fingerprint density at radius 3 is 1.25 bits per heavy atom. The minimum atomic E-state index is 0.0556. The number of hydrogen-bond donors (Lipinski definition) is 0. The second-order valence-corrected chi connectivity index (χ2v) is 0. The topological polar surface area (TPSA) is 34.1 Å². The van der Waals surface area contributed by atoms with E-state index in [1.54, 1.807) is 0 Å². The van der Waals surface area contributed by atoms with Gasteiger partial charge in [0.1, 0.15) is 0 Å². The molecule has 4 heavy (non-hydrogen) atoms. The molecule has 2 nitrogen and oxygen atoms in total. The van der Waals surface area contributed by atoms with Crippen LogP contribution < -0.4 is 0 Å². The van der Waals surface area contributed by atoms with Gasteiger partial charge in [-0.1, -0.05) is 0 Å². The molecule has 0 atom stereocenters. The summed E-state index contributed by atoms with van der Waals surface area (Å²) in [5.41, 5.74) is 0. The Morgan fingerprint density at radius 1 is 1.25 bits per heavy atom. The minimum absolute atomic E-state index is 0.0556. The predicted molar refractivity (Wildman–Crippen MR) is 14.3 cm³/mol. The Bertz CT molecular complexity index is 8.00. The molecule has 0 bridgehead atoms. The van der Waals surface area contributed by atoms with Crippen molar-refractivity contribution >= 4 is 47.0 Å². The van der Waals surface area contributed by atoms with Crippen molar-refractivity contribution in [2.75, 3.05) is 0 Å². The van der Waals surface area contributed by atoms with Crippen molar-refractivity contribution in [3.63, 3.8) is 0 Å².